The fourth-order valence-corrected chi connectivity index (χ4v) is 1.94. The second-order valence-electron chi connectivity index (χ2n) is 4.60. The first-order valence-electron chi connectivity index (χ1n) is 6.48. The molecule has 2 aromatic carbocycles. The Labute approximate surface area is 118 Å². The quantitative estimate of drug-likeness (QED) is 0.879. The van der Waals surface area contributed by atoms with E-state index in [9.17, 15) is 4.39 Å². The van der Waals surface area contributed by atoms with Gasteiger partial charge in [-0.3, -0.25) is 0 Å². The summed E-state index contributed by atoms with van der Waals surface area (Å²) in [6.45, 7) is 1.90. The van der Waals surface area contributed by atoms with Crippen molar-refractivity contribution in [1.82, 2.24) is 5.32 Å². The van der Waals surface area contributed by atoms with Gasteiger partial charge < -0.3 is 15.2 Å². The second kappa shape index (κ2) is 6.50. The Morgan fingerprint density at radius 3 is 2.75 bits per heavy atom. The molecule has 20 heavy (non-hydrogen) atoms. The number of nitrogens with one attached hydrogen (secondary N) is 1. The molecule has 0 saturated heterocycles. The summed E-state index contributed by atoms with van der Waals surface area (Å²) in [5.41, 5.74) is 1.52. The number of aliphatic hydroxyl groups excluding tert-OH is 1. The largest absolute Gasteiger partial charge is 0.457 e. The van der Waals surface area contributed by atoms with Gasteiger partial charge in [-0.25, -0.2) is 4.39 Å². The molecule has 0 amide bonds. The minimum absolute atomic E-state index is 0.0262. The molecule has 0 aliphatic rings. The third kappa shape index (κ3) is 3.35. The molecule has 1 atom stereocenters. The SMILES string of the molecule is CNC(C)c1cc(F)ccc1Oc1cccc(CO)c1. The number of benzene rings is 2. The minimum Gasteiger partial charge on any atom is -0.457 e. The van der Waals surface area contributed by atoms with Gasteiger partial charge in [-0.2, -0.15) is 0 Å². The highest BCUT2D eigenvalue weighted by atomic mass is 19.1. The van der Waals surface area contributed by atoms with Crippen molar-refractivity contribution in [2.24, 2.45) is 0 Å². The first-order chi connectivity index (χ1) is 9.63. The van der Waals surface area contributed by atoms with E-state index < -0.39 is 0 Å². The third-order valence-corrected chi connectivity index (χ3v) is 3.18. The number of ether oxygens (including phenoxy) is 1. The van der Waals surface area contributed by atoms with Gasteiger partial charge in [0.05, 0.1) is 6.61 Å². The predicted octanol–water partition coefficient (Wildman–Crippen LogP) is 3.39. The van der Waals surface area contributed by atoms with E-state index in [2.05, 4.69) is 5.32 Å². The molecule has 1 unspecified atom stereocenters. The topological polar surface area (TPSA) is 41.5 Å². The lowest BCUT2D eigenvalue weighted by molar-refractivity contribution is 0.281. The highest BCUT2D eigenvalue weighted by molar-refractivity contribution is 5.40. The molecule has 4 heteroatoms. The van der Waals surface area contributed by atoms with Crippen molar-refractivity contribution in [2.75, 3.05) is 7.05 Å². The van der Waals surface area contributed by atoms with E-state index in [0.29, 0.717) is 11.5 Å². The highest BCUT2D eigenvalue weighted by Crippen LogP contribution is 2.30. The van der Waals surface area contributed by atoms with Gasteiger partial charge in [0.1, 0.15) is 17.3 Å². The first-order valence-corrected chi connectivity index (χ1v) is 6.48. The summed E-state index contributed by atoms with van der Waals surface area (Å²) in [7, 11) is 1.81. The van der Waals surface area contributed by atoms with Gasteiger partial charge in [0, 0.05) is 11.6 Å². The van der Waals surface area contributed by atoms with Crippen molar-refractivity contribution in [3.05, 3.63) is 59.4 Å². The van der Waals surface area contributed by atoms with Crippen LogP contribution >= 0.6 is 0 Å². The molecule has 3 nitrogen and oxygen atoms in total. The van der Waals surface area contributed by atoms with Crippen molar-refractivity contribution in [3.63, 3.8) is 0 Å². The highest BCUT2D eigenvalue weighted by Gasteiger charge is 2.12. The Morgan fingerprint density at radius 2 is 2.05 bits per heavy atom. The molecule has 0 saturated carbocycles. The summed E-state index contributed by atoms with van der Waals surface area (Å²) in [5.74, 6) is 0.926. The van der Waals surface area contributed by atoms with Crippen LogP contribution in [0.15, 0.2) is 42.5 Å². The summed E-state index contributed by atoms with van der Waals surface area (Å²) < 4.78 is 19.2. The zero-order valence-corrected chi connectivity index (χ0v) is 11.6. The molecule has 0 heterocycles. The van der Waals surface area contributed by atoms with E-state index in [1.54, 1.807) is 18.2 Å². The standard InChI is InChI=1S/C16H18FNO2/c1-11(18-2)15-9-13(17)6-7-16(15)20-14-5-3-4-12(8-14)10-19/h3-9,11,18-19H,10H2,1-2H3. The molecule has 2 N–H and O–H groups in total. The maximum absolute atomic E-state index is 13.4. The Morgan fingerprint density at radius 1 is 1.25 bits per heavy atom. The predicted molar refractivity (Wildman–Crippen MR) is 76.3 cm³/mol. The zero-order chi connectivity index (χ0) is 14.5. The Kier molecular flexibility index (Phi) is 4.71. The van der Waals surface area contributed by atoms with Crippen molar-refractivity contribution in [1.29, 1.82) is 0 Å². The van der Waals surface area contributed by atoms with Gasteiger partial charge in [-0.05, 0) is 49.9 Å². The van der Waals surface area contributed by atoms with Crippen LogP contribution in [0.3, 0.4) is 0 Å². The van der Waals surface area contributed by atoms with Gasteiger partial charge in [0.25, 0.3) is 0 Å². The molecular formula is C16H18FNO2. The van der Waals surface area contributed by atoms with Crippen LogP contribution in [0.1, 0.15) is 24.1 Å². The average molecular weight is 275 g/mol. The molecule has 106 valence electrons. The van der Waals surface area contributed by atoms with Crippen LogP contribution < -0.4 is 10.1 Å². The van der Waals surface area contributed by atoms with Crippen LogP contribution in [-0.2, 0) is 6.61 Å². The lowest BCUT2D eigenvalue weighted by atomic mass is 10.1. The third-order valence-electron chi connectivity index (χ3n) is 3.18. The van der Waals surface area contributed by atoms with Crippen LogP contribution in [0.2, 0.25) is 0 Å². The number of rotatable bonds is 5. The van der Waals surface area contributed by atoms with Crippen LogP contribution in [0, 0.1) is 5.82 Å². The summed E-state index contributed by atoms with van der Waals surface area (Å²) in [6.07, 6.45) is 0. The van der Waals surface area contributed by atoms with E-state index in [1.807, 2.05) is 26.1 Å². The van der Waals surface area contributed by atoms with Crippen molar-refractivity contribution < 1.29 is 14.2 Å². The maximum Gasteiger partial charge on any atom is 0.132 e. The lowest BCUT2D eigenvalue weighted by Gasteiger charge is -2.16. The molecule has 2 rings (SSSR count). The van der Waals surface area contributed by atoms with E-state index >= 15 is 0 Å². The van der Waals surface area contributed by atoms with Crippen molar-refractivity contribution in [3.8, 4) is 11.5 Å². The molecule has 0 aromatic heterocycles. The van der Waals surface area contributed by atoms with Gasteiger partial charge in [0.15, 0.2) is 0 Å². The smallest absolute Gasteiger partial charge is 0.132 e. The van der Waals surface area contributed by atoms with Gasteiger partial charge in [-0.1, -0.05) is 12.1 Å². The number of hydrogen-bond acceptors (Lipinski definition) is 3. The molecule has 2 aromatic rings. The Balaban J connectivity index is 2.32. The van der Waals surface area contributed by atoms with Crippen molar-refractivity contribution >= 4 is 0 Å². The fourth-order valence-electron chi connectivity index (χ4n) is 1.94. The van der Waals surface area contributed by atoms with E-state index in [-0.39, 0.29) is 18.5 Å². The number of halogens is 1. The normalized spacial score (nSPS) is 12.2. The van der Waals surface area contributed by atoms with E-state index in [1.165, 1.54) is 12.1 Å². The van der Waals surface area contributed by atoms with Gasteiger partial charge in [-0.15, -0.1) is 0 Å². The number of hydrogen-bond donors (Lipinski definition) is 2. The summed E-state index contributed by atoms with van der Waals surface area (Å²) in [6, 6.07) is 11.6. The minimum atomic E-state index is -0.293. The monoisotopic (exact) mass is 275 g/mol. The number of aliphatic hydroxyl groups is 1. The fraction of sp³-hybridized carbons (Fsp3) is 0.250. The molecule has 0 aliphatic carbocycles. The van der Waals surface area contributed by atoms with Crippen LogP contribution in [0.5, 0.6) is 11.5 Å². The van der Waals surface area contributed by atoms with Gasteiger partial charge >= 0.3 is 0 Å². The van der Waals surface area contributed by atoms with Gasteiger partial charge in [0.2, 0.25) is 0 Å². The molecular weight excluding hydrogens is 257 g/mol. The molecule has 0 fully saturated rings. The zero-order valence-electron chi connectivity index (χ0n) is 11.6. The summed E-state index contributed by atoms with van der Waals surface area (Å²) in [5, 5.41) is 12.2. The molecule has 0 aliphatic heterocycles. The summed E-state index contributed by atoms with van der Waals surface area (Å²) in [4.78, 5) is 0. The Bertz CT molecular complexity index is 586. The van der Waals surface area contributed by atoms with Crippen molar-refractivity contribution in [2.45, 2.75) is 19.6 Å². The molecule has 0 spiro atoms. The first kappa shape index (κ1) is 14.5. The van der Waals surface area contributed by atoms with Crippen LogP contribution in [-0.4, -0.2) is 12.2 Å². The van der Waals surface area contributed by atoms with Crippen LogP contribution in [0.25, 0.3) is 0 Å². The van der Waals surface area contributed by atoms with E-state index in [4.69, 9.17) is 9.84 Å². The average Bonchev–Trinajstić information content (AvgIpc) is 2.48. The summed E-state index contributed by atoms with van der Waals surface area (Å²) >= 11 is 0. The maximum atomic E-state index is 13.4. The van der Waals surface area contributed by atoms with E-state index in [0.717, 1.165) is 11.1 Å². The van der Waals surface area contributed by atoms with Crippen LogP contribution in [0.4, 0.5) is 4.39 Å². The Hall–Kier alpha value is -1.91. The lowest BCUT2D eigenvalue weighted by Crippen LogP contribution is -2.13. The second-order valence-corrected chi connectivity index (χ2v) is 4.60. The molecule has 0 bridgehead atoms. The molecule has 0 radical (unpaired) electrons.